The van der Waals surface area contributed by atoms with E-state index >= 15 is 0 Å². The van der Waals surface area contributed by atoms with E-state index in [9.17, 15) is 14.4 Å². The molecule has 6 aliphatic rings. The molecule has 5 aliphatic carbocycles. The van der Waals surface area contributed by atoms with Crippen molar-refractivity contribution in [2.45, 2.75) is 129 Å². The largest absolute Gasteiger partial charge is 0.494 e. The number of ether oxygens (including phenoxy) is 1. The molecular weight excluding hydrogens is 849 g/mol. The summed E-state index contributed by atoms with van der Waals surface area (Å²) in [6.07, 6.45) is 30.7. The molecule has 2 amide bonds. The summed E-state index contributed by atoms with van der Waals surface area (Å²) in [5, 5.41) is 7.09. The Kier molecular flexibility index (Phi) is 15.4. The van der Waals surface area contributed by atoms with Crippen LogP contribution < -0.4 is 25.8 Å². The van der Waals surface area contributed by atoms with Gasteiger partial charge < -0.3 is 25.2 Å². The van der Waals surface area contributed by atoms with E-state index in [1.54, 1.807) is 23.9 Å². The van der Waals surface area contributed by atoms with Gasteiger partial charge in [-0.3, -0.25) is 23.9 Å². The van der Waals surface area contributed by atoms with E-state index < -0.39 is 0 Å². The van der Waals surface area contributed by atoms with Gasteiger partial charge in [-0.1, -0.05) is 63.4 Å². The molecule has 4 bridgehead atoms. The van der Waals surface area contributed by atoms with E-state index in [1.807, 2.05) is 42.2 Å². The summed E-state index contributed by atoms with van der Waals surface area (Å²) in [6.45, 7) is 8.34. The molecule has 0 spiro atoms. The number of anilines is 4. The van der Waals surface area contributed by atoms with E-state index in [4.69, 9.17) is 16.1 Å². The first-order valence-corrected chi connectivity index (χ1v) is 26.1. The van der Waals surface area contributed by atoms with Crippen molar-refractivity contribution in [3.63, 3.8) is 0 Å². The van der Waals surface area contributed by atoms with Crippen LogP contribution in [-0.4, -0.2) is 89.1 Å². The number of nitrogens with zero attached hydrogens (tertiary/aromatic N) is 6. The van der Waals surface area contributed by atoms with Crippen LogP contribution in [0, 0.1) is 48.4 Å². The average Bonchev–Trinajstić information content (AvgIpc) is 4.18. The molecule has 1 aliphatic heterocycles. The lowest BCUT2D eigenvalue weighted by molar-refractivity contribution is -0.139. The van der Waals surface area contributed by atoms with Gasteiger partial charge in [-0.05, 0) is 137 Å². The first kappa shape index (κ1) is 47.6. The number of methoxy groups -OCH3 is 1. The topological polar surface area (TPSA) is 125 Å². The summed E-state index contributed by atoms with van der Waals surface area (Å²) in [6, 6.07) is 15.1. The number of benzene rings is 2. The molecule has 12 nitrogen and oxygen atoms in total. The monoisotopic (exact) mass is 923 g/mol. The Bertz CT molecular complexity index is 2470. The minimum absolute atomic E-state index is 0.0122. The van der Waals surface area contributed by atoms with Gasteiger partial charge in [0.05, 0.1) is 25.0 Å². The van der Waals surface area contributed by atoms with E-state index in [1.165, 1.54) is 96.3 Å². The van der Waals surface area contributed by atoms with Crippen molar-refractivity contribution >= 4 is 45.9 Å². The Morgan fingerprint density at radius 2 is 1.53 bits per heavy atom. The number of pyridine rings is 1. The minimum atomic E-state index is -0.214. The first-order chi connectivity index (χ1) is 33.2. The fourth-order valence-corrected chi connectivity index (χ4v) is 12.6. The maximum atomic E-state index is 13.5. The number of aromatic nitrogens is 3. The van der Waals surface area contributed by atoms with Crippen LogP contribution in [0.5, 0.6) is 5.75 Å². The molecule has 3 heterocycles. The Hall–Kier alpha value is -5.41. The maximum absolute atomic E-state index is 13.5. The summed E-state index contributed by atoms with van der Waals surface area (Å²) in [5.74, 6) is 6.85. The molecule has 68 heavy (non-hydrogen) atoms. The standard InChI is InChI=1S/C56H74N8O4/c1-4-22-63(52(66)38-56-35-41-30-42(36-56)32-43(31-41)37-56)24-14-12-10-8-6-5-7-9-11-13-23-61-25-27-62(28-26-61)46-20-21-49(50(34-46)68-3)59-55-57-39-48-40(2)29-51(65)64(53(48)60-55)47-17-15-16-45(33-47)58-54(67)44-18-19-44/h1,15-17,20-21,29,33-34,39,41-44H,5-14,18-19,22-28,30-32,35-38H2,2-3H3,(H,58,67)(H,57,59,60). The molecule has 10 rings (SSSR count). The summed E-state index contributed by atoms with van der Waals surface area (Å²) in [5.41, 5.74) is 4.43. The second-order valence-corrected chi connectivity index (χ2v) is 21.2. The van der Waals surface area contributed by atoms with Crippen molar-refractivity contribution in [1.29, 1.82) is 0 Å². The van der Waals surface area contributed by atoms with Gasteiger partial charge in [-0.15, -0.1) is 6.42 Å². The van der Waals surface area contributed by atoms with Crippen LogP contribution in [0.3, 0.4) is 0 Å². The van der Waals surface area contributed by atoms with Crippen LogP contribution in [-0.2, 0) is 9.59 Å². The zero-order valence-corrected chi connectivity index (χ0v) is 40.8. The zero-order valence-electron chi connectivity index (χ0n) is 40.8. The number of unbranched alkanes of at least 4 members (excludes halogenated alkanes) is 9. The summed E-state index contributed by atoms with van der Waals surface area (Å²) in [4.78, 5) is 55.9. The third-order valence-corrected chi connectivity index (χ3v) is 15.9. The fraction of sp³-hybridized carbons (Fsp3) is 0.589. The van der Waals surface area contributed by atoms with Crippen molar-refractivity contribution in [2.24, 2.45) is 29.1 Å². The highest BCUT2D eigenvalue weighted by Crippen LogP contribution is 2.61. The van der Waals surface area contributed by atoms with E-state index in [-0.39, 0.29) is 22.8 Å². The lowest BCUT2D eigenvalue weighted by Crippen LogP contribution is -2.48. The van der Waals surface area contributed by atoms with Crippen LogP contribution in [0.25, 0.3) is 16.7 Å². The van der Waals surface area contributed by atoms with E-state index in [0.29, 0.717) is 41.2 Å². The number of carbonyl (C=O) groups excluding carboxylic acids is 2. The third-order valence-electron chi connectivity index (χ3n) is 15.9. The highest BCUT2D eigenvalue weighted by molar-refractivity contribution is 5.94. The number of aryl methyl sites for hydroxylation is 1. The number of piperazine rings is 1. The second-order valence-electron chi connectivity index (χ2n) is 21.2. The Morgan fingerprint density at radius 1 is 0.853 bits per heavy atom. The Morgan fingerprint density at radius 3 is 2.19 bits per heavy atom. The number of hydrogen-bond acceptors (Lipinski definition) is 9. The van der Waals surface area contributed by atoms with Crippen molar-refractivity contribution < 1.29 is 14.3 Å². The van der Waals surface area contributed by atoms with Crippen molar-refractivity contribution in [3.8, 4) is 23.8 Å². The summed E-state index contributed by atoms with van der Waals surface area (Å²) >= 11 is 0. The third kappa shape index (κ3) is 11.7. The number of fused-ring (bicyclic) bond motifs is 1. The number of nitrogens with one attached hydrogen (secondary N) is 2. The van der Waals surface area contributed by atoms with E-state index in [2.05, 4.69) is 43.5 Å². The lowest BCUT2D eigenvalue weighted by atomic mass is 9.49. The predicted molar refractivity (Wildman–Crippen MR) is 273 cm³/mol. The SMILES string of the molecule is C#CCN(CCCCCCCCCCCCN1CCN(c2ccc(Nc3ncc4c(C)cc(=O)n(-c5cccc(NC(=O)C6CC6)c5)c4n3)c(OC)c2)CC1)C(=O)CC12CC3CC(CC(C3)C1)C2. The number of carbonyl (C=O) groups is 2. The molecule has 0 atom stereocenters. The van der Waals surface area contributed by atoms with Gasteiger partial charge in [0, 0.05) is 80.2 Å². The molecule has 362 valence electrons. The van der Waals surface area contributed by atoms with Crippen LogP contribution in [0.2, 0.25) is 0 Å². The van der Waals surface area contributed by atoms with Crippen LogP contribution in [0.15, 0.2) is 59.5 Å². The normalized spacial score (nSPS) is 22.0. The van der Waals surface area contributed by atoms with Gasteiger partial charge in [-0.25, -0.2) is 4.98 Å². The molecule has 2 aromatic heterocycles. The summed E-state index contributed by atoms with van der Waals surface area (Å²) < 4.78 is 7.44. The molecule has 2 N–H and O–H groups in total. The van der Waals surface area contributed by atoms with Crippen LogP contribution in [0.4, 0.5) is 23.0 Å². The quantitative estimate of drug-likeness (QED) is 0.0553. The molecule has 5 saturated carbocycles. The van der Waals surface area contributed by atoms with Gasteiger partial charge in [0.1, 0.15) is 5.75 Å². The molecule has 0 radical (unpaired) electrons. The highest BCUT2D eigenvalue weighted by atomic mass is 16.5. The zero-order chi connectivity index (χ0) is 47.0. The van der Waals surface area contributed by atoms with Gasteiger partial charge in [0.2, 0.25) is 17.8 Å². The molecule has 12 heteroatoms. The second kappa shape index (κ2) is 21.9. The molecule has 1 saturated heterocycles. The number of hydrogen-bond donors (Lipinski definition) is 2. The maximum Gasteiger partial charge on any atom is 0.257 e. The first-order valence-electron chi connectivity index (χ1n) is 26.1. The molecular formula is C56H74N8O4. The number of rotatable bonds is 23. The highest BCUT2D eigenvalue weighted by Gasteiger charge is 2.51. The van der Waals surface area contributed by atoms with Crippen LogP contribution >= 0.6 is 0 Å². The van der Waals surface area contributed by atoms with Crippen LogP contribution in [0.1, 0.15) is 128 Å². The van der Waals surface area contributed by atoms with Gasteiger partial charge in [0.25, 0.3) is 5.56 Å². The predicted octanol–water partition coefficient (Wildman–Crippen LogP) is 10.3. The molecule has 0 unspecified atom stereocenters. The fourth-order valence-electron chi connectivity index (χ4n) is 12.6. The van der Waals surface area contributed by atoms with Crippen molar-refractivity contribution in [1.82, 2.24) is 24.3 Å². The van der Waals surface area contributed by atoms with Gasteiger partial charge in [-0.2, -0.15) is 4.98 Å². The Balaban J connectivity index is 0.662. The van der Waals surface area contributed by atoms with Gasteiger partial charge in [0.15, 0.2) is 5.65 Å². The lowest BCUT2D eigenvalue weighted by Gasteiger charge is -2.57. The smallest absolute Gasteiger partial charge is 0.257 e. The van der Waals surface area contributed by atoms with Gasteiger partial charge >= 0.3 is 0 Å². The summed E-state index contributed by atoms with van der Waals surface area (Å²) in [7, 11) is 1.67. The average molecular weight is 923 g/mol. The van der Waals surface area contributed by atoms with E-state index in [0.717, 1.165) is 105 Å². The number of terminal acetylenes is 1. The molecule has 6 fully saturated rings. The van der Waals surface area contributed by atoms with Crippen molar-refractivity contribution in [3.05, 3.63) is 70.6 Å². The molecule has 4 aromatic rings. The Labute approximate surface area is 404 Å². The molecule has 2 aromatic carbocycles. The minimum Gasteiger partial charge on any atom is -0.494 e. The number of amides is 2. The van der Waals surface area contributed by atoms with Crippen molar-refractivity contribution in [2.75, 3.05) is 68.5 Å².